The second-order valence-electron chi connectivity index (χ2n) is 11.2. The molecule has 0 fully saturated rings. The van der Waals surface area contributed by atoms with Crippen LogP contribution in [0.4, 0.5) is 0 Å². The Balaban J connectivity index is 1.40. The Hall–Kier alpha value is -6.18. The number of hydrogen-bond acceptors (Lipinski definition) is 1. The number of rotatable bonds is 5. The van der Waals surface area contributed by atoms with E-state index in [0.29, 0.717) is 0 Å². The van der Waals surface area contributed by atoms with Gasteiger partial charge < -0.3 is 4.74 Å². The number of fused-ring (bicyclic) bond motifs is 3. The van der Waals surface area contributed by atoms with Gasteiger partial charge in [-0.05, 0) is 67.4 Å². The zero-order valence-electron chi connectivity index (χ0n) is 42.1. The van der Waals surface area contributed by atoms with Crippen LogP contribution in [0, 0.1) is 0 Å². The third kappa shape index (κ3) is 4.47. The van der Waals surface area contributed by atoms with Crippen LogP contribution in [0.1, 0.15) is 45.6 Å². The van der Waals surface area contributed by atoms with Crippen molar-refractivity contribution in [1.29, 1.82) is 0 Å². The third-order valence-corrected chi connectivity index (χ3v) is 8.61. The predicted octanol–water partition coefficient (Wildman–Crippen LogP) is 12.3. The van der Waals surface area contributed by atoms with Gasteiger partial charge in [0, 0.05) is 11.1 Å². The maximum atomic E-state index is 9.78. The first-order valence-corrected chi connectivity index (χ1v) is 15.1. The van der Waals surface area contributed by atoms with Gasteiger partial charge in [-0.1, -0.05) is 182 Å². The highest BCUT2D eigenvalue weighted by Crippen LogP contribution is 2.55. The monoisotopic (exact) mass is 629 g/mol. The summed E-state index contributed by atoms with van der Waals surface area (Å²) in [5, 5.41) is 1.97. The predicted molar refractivity (Wildman–Crippen MR) is 199 cm³/mol. The molecule has 0 aliphatic carbocycles. The lowest BCUT2D eigenvalue weighted by molar-refractivity contribution is 0.435. The second-order valence-corrected chi connectivity index (χ2v) is 11.2. The van der Waals surface area contributed by atoms with Gasteiger partial charge in [0.1, 0.15) is 11.5 Å². The van der Waals surface area contributed by atoms with Crippen LogP contribution in [-0.4, -0.2) is 0 Å². The molecule has 9 rings (SSSR count). The van der Waals surface area contributed by atoms with E-state index in [1.165, 1.54) is 0 Å². The molecular weight excluding hydrogens is 581 g/mol. The minimum atomic E-state index is -3.00. The summed E-state index contributed by atoms with van der Waals surface area (Å²) in [6.07, 6.45) is 0. The molecule has 0 N–H and O–H groups in total. The minimum Gasteiger partial charge on any atom is -0.457 e. The molecule has 1 heteroatoms. The molecule has 226 valence electrons. The van der Waals surface area contributed by atoms with Gasteiger partial charge in [-0.15, -0.1) is 0 Å². The van der Waals surface area contributed by atoms with E-state index in [0.717, 1.165) is 33.0 Å². The summed E-state index contributed by atoms with van der Waals surface area (Å²) in [5.74, 6) is -1.41. The van der Waals surface area contributed by atoms with E-state index in [1.807, 2.05) is 66.7 Å². The first kappa shape index (κ1) is 15.6. The van der Waals surface area contributed by atoms with Gasteiger partial charge in [-0.3, -0.25) is 0 Å². The average molecular weight is 630 g/mol. The van der Waals surface area contributed by atoms with E-state index in [1.54, 1.807) is 24.3 Å². The molecule has 1 aliphatic rings. The lowest BCUT2D eigenvalue weighted by Crippen LogP contribution is -2.34. The number of para-hydroxylation sites is 1. The summed E-state index contributed by atoms with van der Waals surface area (Å²) >= 11 is 0. The molecule has 0 aromatic heterocycles. The smallest absolute Gasteiger partial charge is 0.132 e. The average Bonchev–Trinajstić information content (AvgIpc) is 3.31. The second kappa shape index (κ2) is 11.6. The van der Waals surface area contributed by atoms with Crippen LogP contribution in [0.25, 0.3) is 44.2 Å². The highest BCUT2D eigenvalue weighted by molar-refractivity contribution is 6.06. The van der Waals surface area contributed by atoms with E-state index >= 15 is 0 Å². The Morgan fingerprint density at radius 2 is 0.979 bits per heavy atom. The summed E-state index contributed by atoms with van der Waals surface area (Å²) in [6, 6.07) is 13.3. The third-order valence-electron chi connectivity index (χ3n) is 8.61. The first-order chi connectivity index (χ1) is 30.9. The topological polar surface area (TPSA) is 9.23 Å². The molecule has 0 bridgehead atoms. The van der Waals surface area contributed by atoms with Crippen molar-refractivity contribution in [3.05, 3.63) is 216 Å². The summed E-state index contributed by atoms with van der Waals surface area (Å²) in [4.78, 5) is 0. The van der Waals surface area contributed by atoms with Crippen LogP contribution in [0.5, 0.6) is 11.5 Å². The standard InChI is InChI=1S/C47H32O/c1-4-14-34(15-5-1)40-22-12-16-36-17-13-23-41(46(36)40)35-28-26-33(27-29-35)37-30-31-43-45(32-37)48-44-25-11-10-24-42(44)47(43,38-18-6-2-7-19-38)39-20-8-3-9-21-39/h1-32H/i2D,3D,6D,7D,8D,9D,10D,11D,18D,19D,20D,21D,24D,25D,30D,31D,32D. The van der Waals surface area contributed by atoms with E-state index in [9.17, 15) is 11.0 Å². The fraction of sp³-hybridized carbons (Fsp3) is 0.0213. The Kier molecular flexibility index (Phi) is 3.76. The van der Waals surface area contributed by atoms with Gasteiger partial charge in [-0.25, -0.2) is 0 Å². The molecule has 0 atom stereocenters. The van der Waals surface area contributed by atoms with Crippen LogP contribution >= 0.6 is 0 Å². The van der Waals surface area contributed by atoms with Crippen molar-refractivity contribution >= 4 is 10.8 Å². The zero-order valence-corrected chi connectivity index (χ0v) is 25.1. The van der Waals surface area contributed by atoms with Crippen molar-refractivity contribution in [2.45, 2.75) is 5.41 Å². The number of hydrogen-bond donors (Lipinski definition) is 0. The van der Waals surface area contributed by atoms with E-state index < -0.39 is 142 Å². The van der Waals surface area contributed by atoms with Crippen molar-refractivity contribution < 1.29 is 28.0 Å². The maximum absolute atomic E-state index is 9.78. The van der Waals surface area contributed by atoms with Crippen LogP contribution in [0.15, 0.2) is 194 Å². The van der Waals surface area contributed by atoms with Crippen LogP contribution < -0.4 is 4.74 Å². The molecule has 48 heavy (non-hydrogen) atoms. The first-order valence-electron chi connectivity index (χ1n) is 23.6. The van der Waals surface area contributed by atoms with Crippen LogP contribution in [0.3, 0.4) is 0 Å². The van der Waals surface area contributed by atoms with Gasteiger partial charge in [0.2, 0.25) is 0 Å². The Bertz CT molecular complexity index is 3200. The van der Waals surface area contributed by atoms with Gasteiger partial charge in [0.25, 0.3) is 0 Å². The Morgan fingerprint density at radius 1 is 0.417 bits per heavy atom. The molecule has 1 heterocycles. The largest absolute Gasteiger partial charge is 0.457 e. The van der Waals surface area contributed by atoms with Gasteiger partial charge in [0.15, 0.2) is 0 Å². The fourth-order valence-corrected chi connectivity index (χ4v) is 6.50. The fourth-order valence-electron chi connectivity index (χ4n) is 6.50. The lowest BCUT2D eigenvalue weighted by Gasteiger charge is -2.41. The summed E-state index contributed by atoms with van der Waals surface area (Å²) in [5.41, 5.74) is -2.46. The summed E-state index contributed by atoms with van der Waals surface area (Å²) in [6.45, 7) is 0. The lowest BCUT2D eigenvalue weighted by atomic mass is 9.63. The molecule has 1 aliphatic heterocycles. The van der Waals surface area contributed by atoms with E-state index in [4.69, 9.17) is 17.1 Å². The van der Waals surface area contributed by atoms with Crippen molar-refractivity contribution in [1.82, 2.24) is 0 Å². The van der Waals surface area contributed by atoms with Crippen LogP contribution in [-0.2, 0) is 5.41 Å². The van der Waals surface area contributed by atoms with Gasteiger partial charge in [-0.2, -0.15) is 0 Å². The van der Waals surface area contributed by atoms with Gasteiger partial charge >= 0.3 is 0 Å². The normalized spacial score (nSPS) is 17.9. The summed E-state index contributed by atoms with van der Waals surface area (Å²) in [7, 11) is 0. The molecule has 0 saturated carbocycles. The van der Waals surface area contributed by atoms with Crippen molar-refractivity contribution in [2.75, 3.05) is 0 Å². The minimum absolute atomic E-state index is 0.191. The molecule has 0 saturated heterocycles. The zero-order chi connectivity index (χ0) is 46.7. The van der Waals surface area contributed by atoms with E-state index in [-0.39, 0.29) is 11.1 Å². The molecule has 8 aromatic rings. The molecule has 1 nitrogen and oxygen atoms in total. The summed E-state index contributed by atoms with van der Waals surface area (Å²) < 4.78 is 160. The maximum Gasteiger partial charge on any atom is 0.132 e. The highest BCUT2D eigenvalue weighted by atomic mass is 16.5. The molecule has 0 amide bonds. The molecule has 0 unspecified atom stereocenters. The number of ether oxygens (including phenoxy) is 1. The molecule has 8 aromatic carbocycles. The van der Waals surface area contributed by atoms with Crippen LogP contribution in [0.2, 0.25) is 0 Å². The molecular formula is C47H32O. The number of benzene rings is 8. The Labute approximate surface area is 305 Å². The molecule has 0 spiro atoms. The SMILES string of the molecule is [2H]c1c([2H])c([2H])c(C2(c3c([2H])c([2H])c([2H])c([2H])c3[2H])c3c([2H])c([2H])c([2H])c([2H])c3Oc3c([2H])c(-c4ccc(-c5cccc6cccc(-c7ccccc7)c56)cc4)c([2H])c([2H])c32)c([2H])c1[2H]. The Morgan fingerprint density at radius 3 is 1.65 bits per heavy atom. The van der Waals surface area contributed by atoms with E-state index in [2.05, 4.69) is 0 Å². The quantitative estimate of drug-likeness (QED) is 0.184. The molecule has 0 radical (unpaired) electrons. The van der Waals surface area contributed by atoms with Crippen molar-refractivity contribution in [3.63, 3.8) is 0 Å². The van der Waals surface area contributed by atoms with Gasteiger partial charge in [0.05, 0.1) is 28.7 Å². The van der Waals surface area contributed by atoms with Crippen molar-refractivity contribution in [3.8, 4) is 44.9 Å². The highest BCUT2D eigenvalue weighted by Gasteiger charge is 2.45. The van der Waals surface area contributed by atoms with Crippen molar-refractivity contribution in [2.24, 2.45) is 0 Å².